The quantitative estimate of drug-likeness (QED) is 0.336. The number of carbonyl (C=O) groups is 2. The molecule has 2 aliphatic rings. The second kappa shape index (κ2) is 11.3. The van der Waals surface area contributed by atoms with Crippen LogP contribution in [0.4, 0.5) is 0 Å². The van der Waals surface area contributed by atoms with E-state index in [9.17, 15) is 19.8 Å². The smallest absolute Gasteiger partial charge is 0.309 e. The molecule has 2 unspecified atom stereocenters. The molecule has 1 aromatic rings. The highest BCUT2D eigenvalue weighted by atomic mass is 32.1. The summed E-state index contributed by atoms with van der Waals surface area (Å²) in [5, 5.41) is 25.0. The first-order chi connectivity index (χ1) is 16.8. The lowest BCUT2D eigenvalue weighted by Gasteiger charge is -2.35. The number of hydrogen-bond acceptors (Lipinski definition) is 8. The van der Waals surface area contributed by atoms with Gasteiger partial charge in [-0.05, 0) is 58.6 Å². The molecule has 6 atom stereocenters. The zero-order valence-corrected chi connectivity index (χ0v) is 23.4. The molecule has 36 heavy (non-hydrogen) atoms. The molecule has 0 spiro atoms. The molecule has 0 amide bonds. The van der Waals surface area contributed by atoms with Gasteiger partial charge in [-0.25, -0.2) is 4.98 Å². The summed E-state index contributed by atoms with van der Waals surface area (Å²) in [6, 6.07) is 0. The van der Waals surface area contributed by atoms with Gasteiger partial charge in [0, 0.05) is 17.7 Å². The number of ether oxygens (including phenoxy) is 2. The van der Waals surface area contributed by atoms with Crippen molar-refractivity contribution in [3.63, 3.8) is 0 Å². The van der Waals surface area contributed by atoms with Crippen LogP contribution in [0.1, 0.15) is 84.3 Å². The van der Waals surface area contributed by atoms with Crippen LogP contribution in [0, 0.1) is 18.3 Å². The third-order valence-corrected chi connectivity index (χ3v) is 8.62. The molecular formula is C28H41NO6S. The van der Waals surface area contributed by atoms with Crippen molar-refractivity contribution >= 4 is 29.2 Å². The highest BCUT2D eigenvalue weighted by molar-refractivity contribution is 7.09. The second-order valence-corrected chi connectivity index (χ2v) is 12.1. The number of ketones is 1. The summed E-state index contributed by atoms with van der Waals surface area (Å²) in [7, 11) is 0. The van der Waals surface area contributed by atoms with Gasteiger partial charge in [-0.15, -0.1) is 11.3 Å². The normalized spacial score (nSPS) is 36.0. The van der Waals surface area contributed by atoms with Crippen molar-refractivity contribution in [3.05, 3.63) is 33.3 Å². The highest BCUT2D eigenvalue weighted by Crippen LogP contribution is 2.46. The summed E-state index contributed by atoms with van der Waals surface area (Å²) in [5.74, 6) is -1.55. The van der Waals surface area contributed by atoms with E-state index in [1.165, 1.54) is 0 Å². The minimum atomic E-state index is -1.25. The van der Waals surface area contributed by atoms with Gasteiger partial charge in [-0.3, -0.25) is 9.59 Å². The summed E-state index contributed by atoms with van der Waals surface area (Å²) < 4.78 is 11.8. The largest absolute Gasteiger partial charge is 0.457 e. The van der Waals surface area contributed by atoms with Crippen LogP contribution in [0.3, 0.4) is 0 Å². The van der Waals surface area contributed by atoms with E-state index in [0.29, 0.717) is 12.8 Å². The zero-order valence-electron chi connectivity index (χ0n) is 22.5. The van der Waals surface area contributed by atoms with Gasteiger partial charge in [0.25, 0.3) is 0 Å². The number of thiazole rings is 1. The first-order valence-electron chi connectivity index (χ1n) is 12.8. The summed E-state index contributed by atoms with van der Waals surface area (Å²) in [6.45, 7) is 12.8. The Morgan fingerprint density at radius 2 is 1.94 bits per heavy atom. The molecule has 0 bridgehead atoms. The Hall–Kier alpha value is -1.87. The molecule has 3 rings (SSSR count). The summed E-state index contributed by atoms with van der Waals surface area (Å²) in [4.78, 5) is 30.9. The molecule has 0 aromatic carbocycles. The minimum absolute atomic E-state index is 0.137. The molecule has 200 valence electrons. The van der Waals surface area contributed by atoms with Gasteiger partial charge >= 0.3 is 5.97 Å². The second-order valence-electron chi connectivity index (χ2n) is 11.0. The van der Waals surface area contributed by atoms with E-state index >= 15 is 0 Å². The number of aliphatic hydroxyl groups excluding tert-OH is 2. The number of cyclic esters (lactones) is 1. The molecule has 2 aliphatic heterocycles. The first kappa shape index (κ1) is 28.7. The molecule has 8 heteroatoms. The number of aryl methyl sites for hydroxylation is 1. The number of esters is 1. The predicted molar refractivity (Wildman–Crippen MR) is 140 cm³/mol. The molecule has 0 radical (unpaired) electrons. The van der Waals surface area contributed by atoms with Crippen molar-refractivity contribution in [3.8, 4) is 0 Å². The van der Waals surface area contributed by atoms with Gasteiger partial charge in [0.05, 0.1) is 40.8 Å². The van der Waals surface area contributed by atoms with Crippen molar-refractivity contribution in [1.29, 1.82) is 0 Å². The van der Waals surface area contributed by atoms with E-state index < -0.39 is 41.2 Å². The highest BCUT2D eigenvalue weighted by Gasteiger charge is 2.60. The number of Topliss-reactive ketones (excluding diaryl/α,β-unsaturated/α-hetero) is 1. The summed E-state index contributed by atoms with van der Waals surface area (Å²) in [5.41, 5.74) is 0.780. The lowest BCUT2D eigenvalue weighted by Crippen LogP contribution is -2.48. The predicted octanol–water partition coefficient (Wildman–Crippen LogP) is 4.79. The fraction of sp³-hybridized carbons (Fsp3) is 0.679. The fourth-order valence-corrected chi connectivity index (χ4v) is 5.53. The summed E-state index contributed by atoms with van der Waals surface area (Å²) >= 11 is 1.56. The van der Waals surface area contributed by atoms with Crippen molar-refractivity contribution in [2.24, 2.45) is 11.3 Å². The van der Waals surface area contributed by atoms with E-state index in [1.807, 2.05) is 46.1 Å². The lowest BCUT2D eigenvalue weighted by molar-refractivity contribution is -0.154. The zero-order chi connectivity index (χ0) is 26.8. The van der Waals surface area contributed by atoms with Gasteiger partial charge < -0.3 is 19.7 Å². The first-order valence-corrected chi connectivity index (χ1v) is 13.7. The number of epoxide rings is 1. The van der Waals surface area contributed by atoms with Gasteiger partial charge in [-0.2, -0.15) is 0 Å². The van der Waals surface area contributed by atoms with Crippen molar-refractivity contribution in [2.75, 3.05) is 0 Å². The maximum atomic E-state index is 13.5. The van der Waals surface area contributed by atoms with Crippen LogP contribution in [-0.4, -0.2) is 57.0 Å². The van der Waals surface area contributed by atoms with Crippen LogP contribution in [-0.2, 0) is 19.1 Å². The molecule has 1 aromatic heterocycles. The van der Waals surface area contributed by atoms with E-state index in [-0.39, 0.29) is 18.3 Å². The Kier molecular flexibility index (Phi) is 8.97. The van der Waals surface area contributed by atoms with Gasteiger partial charge in [0.1, 0.15) is 17.5 Å². The van der Waals surface area contributed by atoms with Crippen LogP contribution < -0.4 is 0 Å². The number of aliphatic hydroxyl groups is 2. The van der Waals surface area contributed by atoms with E-state index in [0.717, 1.165) is 34.7 Å². The maximum Gasteiger partial charge on any atom is 0.309 e. The monoisotopic (exact) mass is 519 g/mol. The van der Waals surface area contributed by atoms with Crippen LogP contribution in [0.5, 0.6) is 0 Å². The third-order valence-electron chi connectivity index (χ3n) is 7.83. The number of allylic oxidation sites excluding steroid dienone is 1. The van der Waals surface area contributed by atoms with Crippen molar-refractivity contribution in [1.82, 2.24) is 4.98 Å². The Morgan fingerprint density at radius 1 is 1.25 bits per heavy atom. The van der Waals surface area contributed by atoms with E-state index in [2.05, 4.69) is 11.1 Å². The number of carbonyl (C=O) groups excluding carboxylic acids is 2. The maximum absolute atomic E-state index is 13.5. The molecule has 3 heterocycles. The lowest BCUT2D eigenvalue weighted by atomic mass is 9.71. The molecule has 1 fully saturated rings. The van der Waals surface area contributed by atoms with Crippen LogP contribution in [0.2, 0.25) is 0 Å². The van der Waals surface area contributed by atoms with Crippen LogP contribution in [0.15, 0.2) is 22.6 Å². The van der Waals surface area contributed by atoms with Crippen molar-refractivity contribution in [2.45, 2.75) is 111 Å². The van der Waals surface area contributed by atoms with Crippen LogP contribution in [0.25, 0.3) is 6.08 Å². The Morgan fingerprint density at radius 3 is 2.56 bits per heavy atom. The van der Waals surface area contributed by atoms with E-state index in [4.69, 9.17) is 9.47 Å². The van der Waals surface area contributed by atoms with Crippen LogP contribution >= 0.6 is 11.3 Å². The minimum Gasteiger partial charge on any atom is -0.457 e. The Bertz CT molecular complexity index is 1030. The average molecular weight is 520 g/mol. The van der Waals surface area contributed by atoms with Gasteiger partial charge in [0.15, 0.2) is 0 Å². The fourth-order valence-electron chi connectivity index (χ4n) is 4.96. The number of nitrogens with zero attached hydrogens (tertiary/aromatic N) is 1. The molecular weight excluding hydrogens is 478 g/mol. The topological polar surface area (TPSA) is 109 Å². The molecule has 2 N–H and O–H groups in total. The molecule has 7 nitrogen and oxygen atoms in total. The summed E-state index contributed by atoms with van der Waals surface area (Å²) in [6.07, 6.45) is 3.19. The molecule has 1 saturated heterocycles. The SMILES string of the molecule is CC[C@H]1C(=O)C(C)(C)[C@@H](O)CC(=O)O[C@H](C(C)=Cc2csc(C)n2)C/C=C(/C)CCC2OC2(C)[C@@H]1O. The van der Waals surface area contributed by atoms with Crippen molar-refractivity contribution < 1.29 is 29.3 Å². The molecule has 0 aliphatic carbocycles. The number of fused-ring (bicyclic) bond motifs is 1. The number of aromatic nitrogens is 1. The standard InChI is InChI=1S/C28H41NO6S/c1-8-20-25(32)27(5,6)22(30)14-24(31)34-21(17(3)13-19-15-36-18(4)29-19)11-9-16(2)10-12-23-28(7,35-23)26(20)33/h9,13,15,20-23,26,30,33H,8,10-12,14H2,1-7H3/b16-9-,17-13?/t20-,21-,22-,23?,26+,28?/m0/s1. The van der Waals surface area contributed by atoms with Gasteiger partial charge in [-0.1, -0.05) is 32.4 Å². The number of rotatable bonds is 3. The Balaban J connectivity index is 1.90. The third kappa shape index (κ3) is 6.33. The average Bonchev–Trinajstić information content (AvgIpc) is 3.31. The Labute approximate surface area is 218 Å². The van der Waals surface area contributed by atoms with E-state index in [1.54, 1.807) is 25.2 Å². The van der Waals surface area contributed by atoms with Gasteiger partial charge in [0.2, 0.25) is 0 Å². The molecule has 0 saturated carbocycles. The number of hydrogen-bond donors (Lipinski definition) is 2.